The van der Waals surface area contributed by atoms with Gasteiger partial charge in [-0.05, 0) is 76.7 Å². The largest absolute Gasteiger partial charge is 0.481 e. The van der Waals surface area contributed by atoms with Gasteiger partial charge < -0.3 is 45.1 Å². The molecule has 1 aliphatic heterocycles. The SMILES string of the molecule is CC/C=C\C/C=C\CC(O)/C=C/C=C\C/C=C\C/C=C\CCC(=O)O[C@H](COC(=O)CCCCCCC/C=C\CCCCCCCC)COP(=O)(O)OP(=O)(O)OC[C@H]1O[C@@H](n2ccc(N)nc2=O)[C@H](O)[C@@H]1O. The van der Waals surface area contributed by atoms with Gasteiger partial charge in [-0.25, -0.2) is 13.9 Å². The molecule has 1 aromatic rings. The highest BCUT2D eigenvalue weighted by Gasteiger charge is 2.46. The number of unbranched alkanes of at least 4 members (excludes halogenated alkanes) is 11. The number of phosphoric acid groups is 2. The van der Waals surface area contributed by atoms with Crippen LogP contribution in [-0.2, 0) is 46.3 Å². The Kier molecular flexibility index (Phi) is 35.0. The predicted octanol–water partition coefficient (Wildman–Crippen LogP) is 9.64. The van der Waals surface area contributed by atoms with E-state index in [2.05, 4.69) is 47.4 Å². The molecule has 3 unspecified atom stereocenters. The van der Waals surface area contributed by atoms with Crippen LogP contribution in [0.5, 0.6) is 0 Å². The van der Waals surface area contributed by atoms with E-state index in [-0.39, 0.29) is 25.1 Å². The average Bonchev–Trinajstić information content (AvgIpc) is 3.62. The molecule has 1 aliphatic rings. The van der Waals surface area contributed by atoms with Crippen LogP contribution in [0.15, 0.2) is 102 Å². The Hall–Kier alpha value is -4.10. The number of rotatable bonds is 41. The summed E-state index contributed by atoms with van der Waals surface area (Å²) in [6, 6.07) is 1.24. The van der Waals surface area contributed by atoms with Crippen molar-refractivity contribution >= 4 is 33.4 Å². The van der Waals surface area contributed by atoms with Crippen molar-refractivity contribution in [2.75, 3.05) is 25.6 Å². The molecule has 0 amide bonds. The van der Waals surface area contributed by atoms with Crippen molar-refractivity contribution in [2.24, 2.45) is 0 Å². The van der Waals surface area contributed by atoms with E-state index in [4.69, 9.17) is 29.0 Å². The minimum Gasteiger partial charge on any atom is -0.462 e. The summed E-state index contributed by atoms with van der Waals surface area (Å²) in [5.74, 6) is -1.45. The van der Waals surface area contributed by atoms with Gasteiger partial charge in [0.15, 0.2) is 12.3 Å². The molecule has 0 aromatic carbocycles. The second-order valence-electron chi connectivity index (χ2n) is 17.5. The Bertz CT molecular complexity index is 2070. The van der Waals surface area contributed by atoms with E-state index in [0.717, 1.165) is 62.1 Å². The fraction of sp³-hybridized carbons (Fsp3) is 0.615. The third kappa shape index (κ3) is 32.1. The van der Waals surface area contributed by atoms with Gasteiger partial charge in [0.05, 0.1) is 19.3 Å². The molecule has 0 spiro atoms. The predicted molar refractivity (Wildman–Crippen MR) is 281 cm³/mol. The number of aromatic nitrogens is 2. The van der Waals surface area contributed by atoms with E-state index in [0.29, 0.717) is 25.7 Å². The van der Waals surface area contributed by atoms with Crippen LogP contribution in [-0.4, -0.2) is 96.9 Å². The van der Waals surface area contributed by atoms with Gasteiger partial charge in [0.25, 0.3) is 0 Å². The van der Waals surface area contributed by atoms with Crippen LogP contribution in [0.3, 0.4) is 0 Å². The third-order valence-corrected chi connectivity index (χ3v) is 13.7. The van der Waals surface area contributed by atoms with Crippen LogP contribution in [0.25, 0.3) is 0 Å². The number of hydrogen-bond acceptors (Lipinski definition) is 16. The van der Waals surface area contributed by atoms with Crippen molar-refractivity contribution < 1.29 is 71.4 Å². The van der Waals surface area contributed by atoms with Gasteiger partial charge in [0.2, 0.25) is 0 Å². The monoisotopic (exact) mass is 1070 g/mol. The lowest BCUT2D eigenvalue weighted by atomic mass is 10.1. The molecule has 1 aromatic heterocycles. The maximum absolute atomic E-state index is 12.9. The van der Waals surface area contributed by atoms with E-state index in [1.165, 1.54) is 44.6 Å². The maximum Gasteiger partial charge on any atom is 0.481 e. The first-order chi connectivity index (χ1) is 35.1. The number of carbonyl (C=O) groups is 2. The molecular formula is C52H83N3O16P2. The summed E-state index contributed by atoms with van der Waals surface area (Å²) in [6.45, 7) is 1.88. The Morgan fingerprint density at radius 2 is 1.34 bits per heavy atom. The summed E-state index contributed by atoms with van der Waals surface area (Å²) in [7, 11) is -10.9. The molecule has 1 fully saturated rings. The number of nitrogen functional groups attached to an aromatic ring is 1. The van der Waals surface area contributed by atoms with Crippen molar-refractivity contribution in [3.05, 3.63) is 108 Å². The zero-order valence-corrected chi connectivity index (χ0v) is 44.6. The van der Waals surface area contributed by atoms with Crippen LogP contribution in [0.2, 0.25) is 0 Å². The number of hydrogen-bond donors (Lipinski definition) is 6. The van der Waals surface area contributed by atoms with E-state index >= 15 is 0 Å². The van der Waals surface area contributed by atoms with Gasteiger partial charge in [0, 0.05) is 19.0 Å². The highest BCUT2D eigenvalue weighted by atomic mass is 31.3. The lowest BCUT2D eigenvalue weighted by molar-refractivity contribution is -0.161. The summed E-state index contributed by atoms with van der Waals surface area (Å²) in [4.78, 5) is 61.9. The lowest BCUT2D eigenvalue weighted by Gasteiger charge is -2.21. The molecule has 21 heteroatoms. The van der Waals surface area contributed by atoms with Crippen molar-refractivity contribution in [3.63, 3.8) is 0 Å². The number of carbonyl (C=O) groups excluding carboxylic acids is 2. The van der Waals surface area contributed by atoms with Gasteiger partial charge in [-0.3, -0.25) is 23.2 Å². The van der Waals surface area contributed by atoms with Crippen LogP contribution >= 0.6 is 15.6 Å². The van der Waals surface area contributed by atoms with E-state index in [9.17, 15) is 48.6 Å². The first-order valence-electron chi connectivity index (χ1n) is 25.7. The molecule has 2 heterocycles. The molecule has 0 aliphatic carbocycles. The van der Waals surface area contributed by atoms with Gasteiger partial charge in [-0.2, -0.15) is 9.29 Å². The van der Waals surface area contributed by atoms with Crippen LogP contribution in [0.4, 0.5) is 5.82 Å². The minimum atomic E-state index is -5.46. The summed E-state index contributed by atoms with van der Waals surface area (Å²) in [5.41, 5.74) is 4.57. The minimum absolute atomic E-state index is 0.0869. The van der Waals surface area contributed by atoms with Crippen molar-refractivity contribution in [3.8, 4) is 0 Å². The number of allylic oxidation sites excluding steroid dienone is 12. The average molecular weight is 1070 g/mol. The number of nitrogens with two attached hydrogens (primary N) is 1. The first kappa shape index (κ1) is 65.0. The molecule has 7 N–H and O–H groups in total. The van der Waals surface area contributed by atoms with Crippen molar-refractivity contribution in [1.82, 2.24) is 9.55 Å². The van der Waals surface area contributed by atoms with E-state index in [1.807, 2.05) is 48.6 Å². The molecule has 0 bridgehead atoms. The fourth-order valence-corrected chi connectivity index (χ4v) is 9.17. The van der Waals surface area contributed by atoms with Crippen LogP contribution < -0.4 is 11.4 Å². The smallest absolute Gasteiger partial charge is 0.462 e. The molecule has 19 nitrogen and oxygen atoms in total. The van der Waals surface area contributed by atoms with Crippen molar-refractivity contribution in [2.45, 2.75) is 185 Å². The Morgan fingerprint density at radius 3 is 2.03 bits per heavy atom. The van der Waals surface area contributed by atoms with Crippen molar-refractivity contribution in [1.29, 1.82) is 0 Å². The molecule has 0 saturated carbocycles. The van der Waals surface area contributed by atoms with Gasteiger partial charge in [-0.1, -0.05) is 150 Å². The number of aliphatic hydroxyl groups is 3. The quantitative estimate of drug-likeness (QED) is 0.0117. The van der Waals surface area contributed by atoms with Gasteiger partial charge >= 0.3 is 33.3 Å². The Balaban J connectivity index is 1.85. The highest BCUT2D eigenvalue weighted by Crippen LogP contribution is 2.60. The molecule has 0 radical (unpaired) electrons. The number of phosphoric ester groups is 2. The molecule has 1 saturated heterocycles. The second-order valence-corrected chi connectivity index (χ2v) is 20.5. The normalized spacial score (nSPS) is 20.1. The Labute approximate surface area is 431 Å². The van der Waals surface area contributed by atoms with E-state index in [1.54, 1.807) is 12.2 Å². The highest BCUT2D eigenvalue weighted by molar-refractivity contribution is 7.61. The van der Waals surface area contributed by atoms with Crippen LogP contribution in [0.1, 0.15) is 155 Å². The molecular weight excluding hydrogens is 985 g/mol. The lowest BCUT2D eigenvalue weighted by Crippen LogP contribution is -2.36. The number of ether oxygens (including phenoxy) is 3. The number of aliphatic hydroxyl groups excluding tert-OH is 3. The number of nitrogens with zero attached hydrogens (tertiary/aromatic N) is 2. The van der Waals surface area contributed by atoms with Gasteiger partial charge in [-0.15, -0.1) is 0 Å². The summed E-state index contributed by atoms with van der Waals surface area (Å²) < 4.78 is 56.6. The molecule has 73 heavy (non-hydrogen) atoms. The molecule has 2 rings (SSSR count). The summed E-state index contributed by atoms with van der Waals surface area (Å²) >= 11 is 0. The maximum atomic E-state index is 12.9. The number of esters is 2. The standard InChI is InChI=1S/C52H83N3O16P2/c1-3-5-7-9-11-12-13-14-15-16-17-21-24-28-32-36-47(57)66-40-44(69-48(58)37-33-29-25-22-19-18-20-23-27-31-35-43(56)34-30-26-10-8-6-4-2)41-67-72(62,63)71-73(64,65)68-42-45-49(59)50(60)51(70-45)55-39-38-46(53)54-52(55)61/h6,8,14-15,18-19,23,25-27,29-31,35,38-39,43-45,49-51,56,59-60H,3-5,7,9-13,16-17,20-22,24,28,32-34,36-37,40-42H2,1-2H3,(H,62,63)(H,64,65)(H2,53,54,61)/b8-6-,15-14-,19-18-,27-23-,29-25-,30-26-,35-31+/t43?,44-,45-,49-,50-,51-/m1/s1. The topological polar surface area (TPSA) is 286 Å². The Morgan fingerprint density at radius 1 is 0.740 bits per heavy atom. The molecule has 412 valence electrons. The first-order valence-corrected chi connectivity index (χ1v) is 28.7. The summed E-state index contributed by atoms with van der Waals surface area (Å²) in [5, 5.41) is 31.0. The van der Waals surface area contributed by atoms with Gasteiger partial charge in [0.1, 0.15) is 30.7 Å². The van der Waals surface area contributed by atoms with Crippen LogP contribution in [0, 0.1) is 0 Å². The second kappa shape index (κ2) is 39.3. The molecule has 8 atom stereocenters. The third-order valence-electron chi connectivity index (χ3n) is 11.1. The zero-order valence-electron chi connectivity index (χ0n) is 42.8. The van der Waals surface area contributed by atoms with E-state index < -0.39 is 89.8 Å². The summed E-state index contributed by atoms with van der Waals surface area (Å²) in [6.07, 6.45) is 38.5. The zero-order chi connectivity index (χ0) is 53.6. The number of anilines is 1. The fourth-order valence-electron chi connectivity index (χ4n) is 7.06.